The van der Waals surface area contributed by atoms with Crippen molar-refractivity contribution in [1.29, 1.82) is 5.26 Å². The molecule has 0 spiro atoms. The molecule has 114 valence electrons. The van der Waals surface area contributed by atoms with E-state index in [-0.39, 0.29) is 23.5 Å². The molecule has 0 saturated heterocycles. The van der Waals surface area contributed by atoms with Crippen molar-refractivity contribution in [3.63, 3.8) is 0 Å². The maximum atomic E-state index is 13.5. The molecule has 1 aromatic heterocycles. The predicted molar refractivity (Wildman–Crippen MR) is 75.6 cm³/mol. The molecule has 3 rings (SSSR count). The Morgan fingerprint density at radius 3 is 2.57 bits per heavy atom. The molecule has 23 heavy (non-hydrogen) atoms. The van der Waals surface area contributed by atoms with Gasteiger partial charge in [0.2, 0.25) is 0 Å². The van der Waals surface area contributed by atoms with Crippen LogP contribution >= 0.6 is 0 Å². The minimum Gasteiger partial charge on any atom is -0.239 e. The molecule has 0 atom stereocenters. The monoisotopic (exact) mass is 314 g/mol. The van der Waals surface area contributed by atoms with Gasteiger partial charge in [-0.3, -0.25) is 0 Å². The Morgan fingerprint density at radius 1 is 1.04 bits per heavy atom. The second-order valence-corrected chi connectivity index (χ2v) is 4.81. The van der Waals surface area contributed by atoms with Gasteiger partial charge >= 0.3 is 0 Å². The number of nitrogens with zero attached hydrogens (tertiary/aromatic N) is 4. The molecule has 0 aliphatic carbocycles. The summed E-state index contributed by atoms with van der Waals surface area (Å²) < 4.78 is 41.2. The quantitative estimate of drug-likeness (QED) is 0.745. The Labute approximate surface area is 129 Å². The molecule has 0 aliphatic heterocycles. The van der Waals surface area contributed by atoms with Crippen LogP contribution in [0.2, 0.25) is 0 Å². The fourth-order valence-electron chi connectivity index (χ4n) is 2.24. The molecule has 0 N–H and O–H groups in total. The van der Waals surface area contributed by atoms with Gasteiger partial charge in [0.25, 0.3) is 0 Å². The van der Waals surface area contributed by atoms with E-state index in [0.717, 1.165) is 12.1 Å². The fraction of sp³-hybridized carbons (Fsp3) is 0.0625. The molecule has 0 radical (unpaired) electrons. The summed E-state index contributed by atoms with van der Waals surface area (Å²) in [6.45, 7) is 0.140. The van der Waals surface area contributed by atoms with Gasteiger partial charge in [-0.05, 0) is 35.9 Å². The van der Waals surface area contributed by atoms with Crippen LogP contribution in [0, 0.1) is 28.8 Å². The van der Waals surface area contributed by atoms with Crippen molar-refractivity contribution < 1.29 is 13.2 Å². The van der Waals surface area contributed by atoms with Crippen molar-refractivity contribution >= 4 is 0 Å². The predicted octanol–water partition coefficient (Wildman–Crippen LogP) is 3.28. The standard InChI is InChI=1S/C16H9F3N4/c17-12-3-1-2-10(6-12)9-23-16(15(8-20)21-22-23)11-4-5-13(18)14(19)7-11/h1-7H,9H2. The molecule has 0 bridgehead atoms. The van der Waals surface area contributed by atoms with E-state index < -0.39 is 17.5 Å². The minimum atomic E-state index is -1.04. The molecule has 0 unspecified atom stereocenters. The van der Waals surface area contributed by atoms with E-state index in [4.69, 9.17) is 5.26 Å². The maximum absolute atomic E-state index is 13.5. The zero-order valence-electron chi connectivity index (χ0n) is 11.7. The lowest BCUT2D eigenvalue weighted by atomic mass is 10.1. The normalized spacial score (nSPS) is 10.5. The van der Waals surface area contributed by atoms with Crippen LogP contribution in [0.5, 0.6) is 0 Å². The largest absolute Gasteiger partial charge is 0.239 e. The Morgan fingerprint density at radius 2 is 1.87 bits per heavy atom. The first-order valence-electron chi connectivity index (χ1n) is 6.62. The van der Waals surface area contributed by atoms with Crippen molar-refractivity contribution in [3.05, 3.63) is 71.2 Å². The van der Waals surface area contributed by atoms with Crippen molar-refractivity contribution in [3.8, 4) is 17.3 Å². The van der Waals surface area contributed by atoms with Gasteiger partial charge < -0.3 is 0 Å². The van der Waals surface area contributed by atoms with E-state index in [0.29, 0.717) is 5.56 Å². The minimum absolute atomic E-state index is 0.0209. The number of rotatable bonds is 3. The van der Waals surface area contributed by atoms with Gasteiger partial charge in [-0.25, -0.2) is 17.9 Å². The van der Waals surface area contributed by atoms with Gasteiger partial charge in [0.15, 0.2) is 17.3 Å². The molecular weight excluding hydrogens is 305 g/mol. The number of halogens is 3. The van der Waals surface area contributed by atoms with Crippen molar-refractivity contribution in [2.24, 2.45) is 0 Å². The smallest absolute Gasteiger partial charge is 0.190 e. The van der Waals surface area contributed by atoms with Crippen LogP contribution in [0.3, 0.4) is 0 Å². The zero-order chi connectivity index (χ0) is 16.4. The van der Waals surface area contributed by atoms with E-state index in [2.05, 4.69) is 10.3 Å². The molecule has 3 aromatic rings. The van der Waals surface area contributed by atoms with E-state index in [1.807, 2.05) is 6.07 Å². The summed E-state index contributed by atoms with van der Waals surface area (Å²) in [6, 6.07) is 11.0. The summed E-state index contributed by atoms with van der Waals surface area (Å²) in [5, 5.41) is 16.7. The van der Waals surface area contributed by atoms with Crippen molar-refractivity contribution in [1.82, 2.24) is 15.0 Å². The van der Waals surface area contributed by atoms with Gasteiger partial charge in [-0.2, -0.15) is 5.26 Å². The fourth-order valence-corrected chi connectivity index (χ4v) is 2.24. The van der Waals surface area contributed by atoms with Gasteiger partial charge in [0.1, 0.15) is 17.6 Å². The van der Waals surface area contributed by atoms with E-state index in [9.17, 15) is 13.2 Å². The highest BCUT2D eigenvalue weighted by Gasteiger charge is 2.17. The van der Waals surface area contributed by atoms with Crippen LogP contribution in [0.1, 0.15) is 11.3 Å². The SMILES string of the molecule is N#Cc1nnn(Cc2cccc(F)c2)c1-c1ccc(F)c(F)c1. The first-order chi connectivity index (χ1) is 11.1. The summed E-state index contributed by atoms with van der Waals surface area (Å²) in [5.41, 5.74) is 1.09. The van der Waals surface area contributed by atoms with E-state index >= 15 is 0 Å². The highest BCUT2D eigenvalue weighted by atomic mass is 19.2. The van der Waals surface area contributed by atoms with Crippen LogP contribution in [-0.4, -0.2) is 15.0 Å². The first kappa shape index (κ1) is 14.8. The lowest BCUT2D eigenvalue weighted by Crippen LogP contribution is -2.05. The third-order valence-electron chi connectivity index (χ3n) is 3.26. The lowest BCUT2D eigenvalue weighted by Gasteiger charge is -2.07. The van der Waals surface area contributed by atoms with Crippen molar-refractivity contribution in [2.45, 2.75) is 6.54 Å². The molecule has 4 nitrogen and oxygen atoms in total. The average Bonchev–Trinajstić information content (AvgIpc) is 2.93. The summed E-state index contributed by atoms with van der Waals surface area (Å²) in [7, 11) is 0. The molecule has 1 heterocycles. The van der Waals surface area contributed by atoms with Gasteiger partial charge in [-0.1, -0.05) is 17.3 Å². The number of aromatic nitrogens is 3. The zero-order valence-corrected chi connectivity index (χ0v) is 11.7. The number of benzene rings is 2. The Bertz CT molecular complexity index is 912. The number of hydrogen-bond donors (Lipinski definition) is 0. The van der Waals surface area contributed by atoms with Crippen LogP contribution in [0.4, 0.5) is 13.2 Å². The number of nitriles is 1. The van der Waals surface area contributed by atoms with Crippen LogP contribution < -0.4 is 0 Å². The van der Waals surface area contributed by atoms with E-state index in [1.165, 1.54) is 22.9 Å². The highest BCUT2D eigenvalue weighted by molar-refractivity contribution is 5.65. The second-order valence-electron chi connectivity index (χ2n) is 4.81. The molecule has 0 amide bonds. The third kappa shape index (κ3) is 2.92. The molecule has 7 heteroatoms. The van der Waals surface area contributed by atoms with Gasteiger partial charge in [-0.15, -0.1) is 5.10 Å². The van der Waals surface area contributed by atoms with Gasteiger partial charge in [0.05, 0.1) is 6.54 Å². The Kier molecular flexibility index (Phi) is 3.81. The summed E-state index contributed by atoms with van der Waals surface area (Å²) in [5.74, 6) is -2.43. The first-order valence-corrected chi connectivity index (χ1v) is 6.62. The second kappa shape index (κ2) is 5.93. The summed E-state index contributed by atoms with van der Waals surface area (Å²) in [4.78, 5) is 0. The average molecular weight is 314 g/mol. The lowest BCUT2D eigenvalue weighted by molar-refractivity contribution is 0.509. The Balaban J connectivity index is 2.07. The van der Waals surface area contributed by atoms with Crippen LogP contribution in [0.25, 0.3) is 11.3 Å². The molecule has 0 saturated carbocycles. The Hall–Kier alpha value is -3.14. The van der Waals surface area contributed by atoms with Crippen LogP contribution in [-0.2, 0) is 6.54 Å². The molecular formula is C16H9F3N4. The molecule has 0 fully saturated rings. The third-order valence-corrected chi connectivity index (χ3v) is 3.26. The molecule has 0 aliphatic rings. The van der Waals surface area contributed by atoms with E-state index in [1.54, 1.807) is 12.1 Å². The maximum Gasteiger partial charge on any atom is 0.190 e. The topological polar surface area (TPSA) is 54.5 Å². The number of hydrogen-bond acceptors (Lipinski definition) is 3. The highest BCUT2D eigenvalue weighted by Crippen LogP contribution is 2.24. The van der Waals surface area contributed by atoms with Gasteiger partial charge in [0, 0.05) is 5.56 Å². The molecule has 2 aromatic carbocycles. The summed E-state index contributed by atoms with van der Waals surface area (Å²) in [6.07, 6.45) is 0. The van der Waals surface area contributed by atoms with Crippen molar-refractivity contribution in [2.75, 3.05) is 0 Å². The van der Waals surface area contributed by atoms with Crippen LogP contribution in [0.15, 0.2) is 42.5 Å². The summed E-state index contributed by atoms with van der Waals surface area (Å²) >= 11 is 0.